The Hall–Kier alpha value is -0.580. The number of hydrogen-bond acceptors (Lipinski definition) is 2. The van der Waals surface area contributed by atoms with Gasteiger partial charge in [-0.05, 0) is 45.1 Å². The van der Waals surface area contributed by atoms with Gasteiger partial charge >= 0.3 is 0 Å². The Balaban J connectivity index is 2.07. The summed E-state index contributed by atoms with van der Waals surface area (Å²) in [4.78, 5) is 14.6. The average Bonchev–Trinajstić information content (AvgIpc) is 2.48. The summed E-state index contributed by atoms with van der Waals surface area (Å²) < 4.78 is 0.858. The van der Waals surface area contributed by atoms with E-state index in [9.17, 15) is 4.79 Å². The van der Waals surface area contributed by atoms with E-state index in [-0.39, 0.29) is 11.4 Å². The summed E-state index contributed by atoms with van der Waals surface area (Å²) in [5.74, 6) is -0.104. The van der Waals surface area contributed by atoms with Crippen molar-refractivity contribution in [2.75, 3.05) is 20.6 Å². The van der Waals surface area contributed by atoms with E-state index >= 15 is 0 Å². The molecule has 0 unspecified atom stereocenters. The van der Waals surface area contributed by atoms with Gasteiger partial charge in [0.2, 0.25) is 0 Å². The quantitative estimate of drug-likeness (QED) is 0.862. The number of hydrogen-bond donors (Lipinski definition) is 1. The van der Waals surface area contributed by atoms with Gasteiger partial charge in [-0.25, -0.2) is 0 Å². The minimum atomic E-state index is -0.104. The van der Waals surface area contributed by atoms with E-state index in [0.29, 0.717) is 17.1 Å². The molecule has 1 aliphatic carbocycles. The Morgan fingerprint density at radius 1 is 1.33 bits per heavy atom. The summed E-state index contributed by atoms with van der Waals surface area (Å²) in [6.07, 6.45) is 6.01. The molecule has 0 aromatic heterocycles. The van der Waals surface area contributed by atoms with Crippen molar-refractivity contribution in [2.45, 2.75) is 37.6 Å². The number of likely N-dealkylation sites (N-methyl/N-ethyl adjacent to an activating group) is 1. The number of nitrogens with one attached hydrogen (secondary N) is 1. The maximum Gasteiger partial charge on any atom is 0.252 e. The zero-order valence-corrected chi connectivity index (χ0v) is 14.9. The lowest BCUT2D eigenvalue weighted by atomic mass is 9.80. The zero-order chi connectivity index (χ0) is 15.5. The van der Waals surface area contributed by atoms with Crippen LogP contribution in [0.5, 0.6) is 0 Å². The van der Waals surface area contributed by atoms with Gasteiger partial charge < -0.3 is 10.2 Å². The Bertz CT molecular complexity index is 513. The number of rotatable bonds is 4. The van der Waals surface area contributed by atoms with Gasteiger partial charge in [-0.15, -0.1) is 0 Å². The van der Waals surface area contributed by atoms with Crippen molar-refractivity contribution >= 4 is 33.4 Å². The van der Waals surface area contributed by atoms with Crippen LogP contribution in [0.1, 0.15) is 42.5 Å². The van der Waals surface area contributed by atoms with Crippen molar-refractivity contribution < 1.29 is 4.79 Å². The monoisotopic (exact) mass is 372 g/mol. The third kappa shape index (κ3) is 3.99. The highest BCUT2D eigenvalue weighted by molar-refractivity contribution is 9.10. The average molecular weight is 374 g/mol. The summed E-state index contributed by atoms with van der Waals surface area (Å²) >= 11 is 9.50. The first kappa shape index (κ1) is 16.8. The molecule has 1 saturated carbocycles. The van der Waals surface area contributed by atoms with E-state index in [1.807, 2.05) is 6.07 Å². The molecule has 1 fully saturated rings. The smallest absolute Gasteiger partial charge is 0.252 e. The second-order valence-electron chi connectivity index (χ2n) is 5.99. The molecule has 0 spiro atoms. The molecule has 1 aromatic rings. The molecule has 0 radical (unpaired) electrons. The molecule has 0 aliphatic heterocycles. The SMILES string of the molecule is CN(C)C1(CNC(=O)c2cc(Br)ccc2Cl)CCCCC1. The molecule has 116 valence electrons. The second-order valence-corrected chi connectivity index (χ2v) is 7.31. The van der Waals surface area contributed by atoms with Crippen molar-refractivity contribution in [2.24, 2.45) is 0 Å². The van der Waals surface area contributed by atoms with Crippen molar-refractivity contribution in [1.82, 2.24) is 10.2 Å². The molecule has 1 aliphatic rings. The Kier molecular flexibility index (Phi) is 5.69. The van der Waals surface area contributed by atoms with Gasteiger partial charge in [-0.2, -0.15) is 0 Å². The maximum absolute atomic E-state index is 12.4. The van der Waals surface area contributed by atoms with Crippen LogP contribution >= 0.6 is 27.5 Å². The molecular weight excluding hydrogens is 352 g/mol. The van der Waals surface area contributed by atoms with Crippen molar-refractivity contribution in [3.63, 3.8) is 0 Å². The predicted octanol–water partition coefficient (Wildman–Crippen LogP) is 4.10. The topological polar surface area (TPSA) is 32.3 Å². The highest BCUT2D eigenvalue weighted by Gasteiger charge is 2.34. The van der Waals surface area contributed by atoms with Crippen LogP contribution in [0.2, 0.25) is 5.02 Å². The van der Waals surface area contributed by atoms with Crippen LogP contribution in [-0.4, -0.2) is 37.0 Å². The molecule has 2 rings (SSSR count). The first-order chi connectivity index (χ1) is 9.94. The molecule has 1 amide bonds. The van der Waals surface area contributed by atoms with Crippen LogP contribution in [0.25, 0.3) is 0 Å². The summed E-state index contributed by atoms with van der Waals surface area (Å²) in [5.41, 5.74) is 0.600. The van der Waals surface area contributed by atoms with Crippen LogP contribution in [0.4, 0.5) is 0 Å². The highest BCUT2D eigenvalue weighted by Crippen LogP contribution is 2.31. The Morgan fingerprint density at radius 2 is 2.00 bits per heavy atom. The molecule has 0 atom stereocenters. The van der Waals surface area contributed by atoms with Gasteiger partial charge in [-0.1, -0.05) is 46.8 Å². The van der Waals surface area contributed by atoms with E-state index in [4.69, 9.17) is 11.6 Å². The van der Waals surface area contributed by atoms with Gasteiger partial charge in [0.25, 0.3) is 5.91 Å². The minimum Gasteiger partial charge on any atom is -0.350 e. The van der Waals surface area contributed by atoms with Gasteiger partial charge in [0.05, 0.1) is 10.6 Å². The van der Waals surface area contributed by atoms with Gasteiger partial charge in [0.1, 0.15) is 0 Å². The van der Waals surface area contributed by atoms with E-state index < -0.39 is 0 Å². The molecule has 3 nitrogen and oxygen atoms in total. The summed E-state index contributed by atoms with van der Waals surface area (Å²) in [6, 6.07) is 5.34. The largest absolute Gasteiger partial charge is 0.350 e. The van der Waals surface area contributed by atoms with E-state index in [1.54, 1.807) is 12.1 Å². The Morgan fingerprint density at radius 3 is 2.62 bits per heavy atom. The fourth-order valence-electron chi connectivity index (χ4n) is 3.00. The molecule has 1 aromatic carbocycles. The van der Waals surface area contributed by atoms with Crippen LogP contribution < -0.4 is 5.32 Å². The van der Waals surface area contributed by atoms with E-state index in [2.05, 4.69) is 40.2 Å². The standard InChI is InChI=1S/C16H22BrClN2O/c1-20(2)16(8-4-3-5-9-16)11-19-15(21)13-10-12(17)6-7-14(13)18/h6-7,10H,3-5,8-9,11H2,1-2H3,(H,19,21). The zero-order valence-electron chi connectivity index (χ0n) is 12.6. The molecule has 1 N–H and O–H groups in total. The van der Waals surface area contributed by atoms with E-state index in [1.165, 1.54) is 19.3 Å². The highest BCUT2D eigenvalue weighted by atomic mass is 79.9. The molecule has 0 bridgehead atoms. The van der Waals surface area contributed by atoms with Crippen LogP contribution in [0.3, 0.4) is 0 Å². The first-order valence-corrected chi connectivity index (χ1v) is 8.52. The third-order valence-corrected chi connectivity index (χ3v) is 5.31. The summed E-state index contributed by atoms with van der Waals surface area (Å²) in [6.45, 7) is 0.668. The fraction of sp³-hybridized carbons (Fsp3) is 0.562. The van der Waals surface area contributed by atoms with Crippen LogP contribution in [0, 0.1) is 0 Å². The third-order valence-electron chi connectivity index (χ3n) is 4.48. The summed E-state index contributed by atoms with van der Waals surface area (Å²) in [7, 11) is 4.20. The number of benzene rings is 1. The van der Waals surface area contributed by atoms with Gasteiger partial charge in [0, 0.05) is 16.6 Å². The minimum absolute atomic E-state index is 0.0758. The van der Waals surface area contributed by atoms with Crippen molar-refractivity contribution in [3.8, 4) is 0 Å². The van der Waals surface area contributed by atoms with E-state index in [0.717, 1.165) is 17.3 Å². The lowest BCUT2D eigenvalue weighted by Gasteiger charge is -2.43. The molecular formula is C16H22BrClN2O. The second kappa shape index (κ2) is 7.12. The van der Waals surface area contributed by atoms with Crippen molar-refractivity contribution in [1.29, 1.82) is 0 Å². The molecule has 21 heavy (non-hydrogen) atoms. The lowest BCUT2D eigenvalue weighted by Crippen LogP contribution is -2.53. The number of carbonyl (C=O) groups excluding carboxylic acids is 1. The number of nitrogens with zero attached hydrogens (tertiary/aromatic N) is 1. The summed E-state index contributed by atoms with van der Waals surface area (Å²) in [5, 5.41) is 3.56. The lowest BCUT2D eigenvalue weighted by molar-refractivity contribution is 0.0799. The fourth-order valence-corrected chi connectivity index (χ4v) is 3.57. The maximum atomic E-state index is 12.4. The number of amides is 1. The molecule has 5 heteroatoms. The molecule has 0 heterocycles. The molecule has 0 saturated heterocycles. The van der Waals surface area contributed by atoms with Crippen molar-refractivity contribution in [3.05, 3.63) is 33.3 Å². The van der Waals surface area contributed by atoms with Gasteiger partial charge in [0.15, 0.2) is 0 Å². The Labute approximate surface area is 140 Å². The normalized spacial score (nSPS) is 17.8. The van der Waals surface area contributed by atoms with Gasteiger partial charge in [-0.3, -0.25) is 4.79 Å². The predicted molar refractivity (Wildman–Crippen MR) is 91.0 cm³/mol. The van der Waals surface area contributed by atoms with Crippen LogP contribution in [0.15, 0.2) is 22.7 Å². The number of halogens is 2. The first-order valence-electron chi connectivity index (χ1n) is 7.35. The van der Waals surface area contributed by atoms with Crippen LogP contribution in [-0.2, 0) is 0 Å². The number of carbonyl (C=O) groups is 1.